The number of aryl methyl sites for hydroxylation is 1. The fourth-order valence-electron chi connectivity index (χ4n) is 1.43. The topological polar surface area (TPSA) is 36.4 Å². The van der Waals surface area contributed by atoms with E-state index in [-0.39, 0.29) is 5.82 Å². The van der Waals surface area contributed by atoms with Gasteiger partial charge in [-0.15, -0.1) is 0 Å². The first-order valence-corrected chi connectivity index (χ1v) is 4.56. The summed E-state index contributed by atoms with van der Waals surface area (Å²) in [7, 11) is 0. The highest BCUT2D eigenvalue weighted by Crippen LogP contribution is 2.13. The maximum atomic E-state index is 13.0. The molecule has 0 amide bonds. The van der Waals surface area contributed by atoms with E-state index in [1.165, 1.54) is 12.1 Å². The third-order valence-electron chi connectivity index (χ3n) is 1.98. The number of rotatable bonds is 1. The van der Waals surface area contributed by atoms with Crippen molar-refractivity contribution in [3.63, 3.8) is 0 Å². The molecule has 0 bridgehead atoms. The molecule has 0 saturated carbocycles. The van der Waals surface area contributed by atoms with E-state index in [0.29, 0.717) is 0 Å². The molecular weight excluding hydrogens is 181 g/mol. The van der Waals surface area contributed by atoms with Crippen LogP contribution in [0.1, 0.15) is 5.56 Å². The van der Waals surface area contributed by atoms with Crippen LogP contribution in [-0.4, -0.2) is 19.0 Å². The lowest BCUT2D eigenvalue weighted by atomic mass is 10.2. The van der Waals surface area contributed by atoms with Gasteiger partial charge < -0.3 is 10.6 Å². The summed E-state index contributed by atoms with van der Waals surface area (Å²) in [5, 5.41) is 6.08. The molecule has 0 unspecified atom stereocenters. The van der Waals surface area contributed by atoms with Crippen molar-refractivity contribution in [1.82, 2.24) is 5.32 Å². The van der Waals surface area contributed by atoms with Crippen molar-refractivity contribution in [1.29, 1.82) is 0 Å². The SMILES string of the molecule is Cc1cc(F)cc(NC2=NCCN2)c1. The summed E-state index contributed by atoms with van der Waals surface area (Å²) in [5.41, 5.74) is 1.63. The Balaban J connectivity index is 2.15. The molecule has 2 N–H and O–H groups in total. The minimum absolute atomic E-state index is 0.230. The van der Waals surface area contributed by atoms with Crippen LogP contribution in [0.2, 0.25) is 0 Å². The number of hydrogen-bond donors (Lipinski definition) is 2. The molecule has 0 fully saturated rings. The summed E-state index contributed by atoms with van der Waals surface area (Å²) >= 11 is 0. The van der Waals surface area contributed by atoms with E-state index in [9.17, 15) is 4.39 Å². The standard InChI is InChI=1S/C10H12FN3/c1-7-4-8(11)6-9(5-7)14-10-12-2-3-13-10/h4-6H,2-3H2,1H3,(H2,12,13,14). The van der Waals surface area contributed by atoms with Gasteiger partial charge in [-0.25, -0.2) is 4.39 Å². The highest BCUT2D eigenvalue weighted by molar-refractivity contribution is 5.94. The van der Waals surface area contributed by atoms with Crippen molar-refractivity contribution in [3.05, 3.63) is 29.6 Å². The molecule has 0 atom stereocenters. The van der Waals surface area contributed by atoms with Crippen molar-refractivity contribution < 1.29 is 4.39 Å². The molecular formula is C10H12FN3. The summed E-state index contributed by atoms with van der Waals surface area (Å²) < 4.78 is 13.0. The Morgan fingerprint density at radius 3 is 2.93 bits per heavy atom. The maximum Gasteiger partial charge on any atom is 0.195 e. The van der Waals surface area contributed by atoms with Crippen molar-refractivity contribution in [2.24, 2.45) is 4.99 Å². The van der Waals surface area contributed by atoms with Gasteiger partial charge in [0, 0.05) is 12.2 Å². The van der Waals surface area contributed by atoms with Gasteiger partial charge in [0.1, 0.15) is 5.82 Å². The summed E-state index contributed by atoms with van der Waals surface area (Å²) in [6.45, 7) is 3.48. The number of guanidine groups is 1. The first-order valence-electron chi connectivity index (χ1n) is 4.56. The number of aliphatic imine (C=N–C) groups is 1. The van der Waals surface area contributed by atoms with Gasteiger partial charge in [0.2, 0.25) is 0 Å². The predicted octanol–water partition coefficient (Wildman–Crippen LogP) is 1.51. The van der Waals surface area contributed by atoms with E-state index >= 15 is 0 Å². The van der Waals surface area contributed by atoms with Gasteiger partial charge in [0.25, 0.3) is 0 Å². The average molecular weight is 193 g/mol. The van der Waals surface area contributed by atoms with E-state index in [1.54, 1.807) is 0 Å². The van der Waals surface area contributed by atoms with Crippen molar-refractivity contribution in [3.8, 4) is 0 Å². The number of benzene rings is 1. The van der Waals surface area contributed by atoms with Crippen molar-refractivity contribution >= 4 is 11.6 Å². The van der Waals surface area contributed by atoms with Crippen molar-refractivity contribution in [2.45, 2.75) is 6.92 Å². The normalized spacial score (nSPS) is 14.9. The maximum absolute atomic E-state index is 13.0. The van der Waals surface area contributed by atoms with Crippen LogP contribution in [0, 0.1) is 12.7 Å². The number of nitrogens with zero attached hydrogens (tertiary/aromatic N) is 1. The van der Waals surface area contributed by atoms with Crippen LogP contribution in [0.3, 0.4) is 0 Å². The lowest BCUT2D eigenvalue weighted by Crippen LogP contribution is -2.26. The number of nitrogens with one attached hydrogen (secondary N) is 2. The number of hydrogen-bond acceptors (Lipinski definition) is 3. The summed E-state index contributed by atoms with van der Waals surface area (Å²) in [6.07, 6.45) is 0. The van der Waals surface area contributed by atoms with Crippen LogP contribution in [0.4, 0.5) is 10.1 Å². The zero-order valence-electron chi connectivity index (χ0n) is 7.97. The van der Waals surface area contributed by atoms with Gasteiger partial charge >= 0.3 is 0 Å². The Hall–Kier alpha value is -1.58. The van der Waals surface area contributed by atoms with Crippen LogP contribution in [0.25, 0.3) is 0 Å². The predicted molar refractivity (Wildman–Crippen MR) is 55.1 cm³/mol. The van der Waals surface area contributed by atoms with Crippen LogP contribution < -0.4 is 10.6 Å². The van der Waals surface area contributed by atoms with Gasteiger partial charge in [-0.2, -0.15) is 0 Å². The second-order valence-electron chi connectivity index (χ2n) is 3.30. The molecule has 14 heavy (non-hydrogen) atoms. The Labute approximate surface area is 82.0 Å². The number of halogens is 1. The van der Waals surface area contributed by atoms with Gasteiger partial charge in [0.05, 0.1) is 6.54 Å². The van der Waals surface area contributed by atoms with Crippen LogP contribution in [0.5, 0.6) is 0 Å². The van der Waals surface area contributed by atoms with E-state index < -0.39 is 0 Å². The molecule has 0 radical (unpaired) electrons. The Bertz CT molecular complexity index is 353. The zero-order chi connectivity index (χ0) is 9.97. The average Bonchev–Trinajstić information content (AvgIpc) is 2.54. The number of anilines is 1. The van der Waals surface area contributed by atoms with Gasteiger partial charge in [-0.1, -0.05) is 0 Å². The van der Waals surface area contributed by atoms with E-state index in [2.05, 4.69) is 15.6 Å². The second kappa shape index (κ2) is 3.65. The third kappa shape index (κ3) is 2.02. The molecule has 1 aliphatic rings. The fourth-order valence-corrected chi connectivity index (χ4v) is 1.43. The molecule has 74 valence electrons. The molecule has 0 saturated heterocycles. The lowest BCUT2D eigenvalue weighted by Gasteiger charge is -2.07. The first kappa shape index (κ1) is 8.99. The Kier molecular flexibility index (Phi) is 2.35. The smallest absolute Gasteiger partial charge is 0.195 e. The highest BCUT2D eigenvalue weighted by Gasteiger charge is 2.05. The highest BCUT2D eigenvalue weighted by atomic mass is 19.1. The molecule has 1 aromatic carbocycles. The van der Waals surface area contributed by atoms with Gasteiger partial charge in [0.15, 0.2) is 5.96 Å². The molecule has 3 nitrogen and oxygen atoms in total. The third-order valence-corrected chi connectivity index (χ3v) is 1.98. The largest absolute Gasteiger partial charge is 0.354 e. The summed E-state index contributed by atoms with van der Waals surface area (Å²) in [5.74, 6) is 0.487. The Morgan fingerprint density at radius 2 is 2.29 bits per heavy atom. The molecule has 1 aliphatic heterocycles. The molecule has 1 heterocycles. The first-order chi connectivity index (χ1) is 6.74. The quantitative estimate of drug-likeness (QED) is 0.709. The molecule has 2 rings (SSSR count). The van der Waals surface area contributed by atoms with Gasteiger partial charge in [-0.3, -0.25) is 4.99 Å². The van der Waals surface area contributed by atoms with Crippen LogP contribution in [0.15, 0.2) is 23.2 Å². The molecule has 0 aromatic heterocycles. The Morgan fingerprint density at radius 1 is 1.43 bits per heavy atom. The van der Waals surface area contributed by atoms with E-state index in [0.717, 1.165) is 30.3 Å². The lowest BCUT2D eigenvalue weighted by molar-refractivity contribution is 0.627. The second-order valence-corrected chi connectivity index (χ2v) is 3.30. The molecule has 4 heteroatoms. The van der Waals surface area contributed by atoms with Crippen molar-refractivity contribution in [2.75, 3.05) is 18.4 Å². The minimum atomic E-state index is -0.230. The molecule has 1 aromatic rings. The molecule has 0 aliphatic carbocycles. The fraction of sp³-hybridized carbons (Fsp3) is 0.300. The van der Waals surface area contributed by atoms with Gasteiger partial charge in [-0.05, 0) is 30.7 Å². The van der Waals surface area contributed by atoms with E-state index in [4.69, 9.17) is 0 Å². The zero-order valence-corrected chi connectivity index (χ0v) is 7.97. The van der Waals surface area contributed by atoms with Crippen LogP contribution >= 0.6 is 0 Å². The molecule has 0 spiro atoms. The van der Waals surface area contributed by atoms with E-state index in [1.807, 2.05) is 13.0 Å². The minimum Gasteiger partial charge on any atom is -0.354 e. The summed E-state index contributed by atoms with van der Waals surface area (Å²) in [6, 6.07) is 4.83. The monoisotopic (exact) mass is 193 g/mol. The summed E-state index contributed by atoms with van der Waals surface area (Å²) in [4.78, 5) is 4.16. The van der Waals surface area contributed by atoms with Crippen LogP contribution in [-0.2, 0) is 0 Å².